The summed E-state index contributed by atoms with van der Waals surface area (Å²) in [5.41, 5.74) is 30.4. The Morgan fingerprint density at radius 3 is 1.43 bits per heavy atom. The molecule has 2 fully saturated rings. The number of nitrogens with two attached hydrogens (primary N) is 5. The minimum Gasteiger partial charge on any atom is -0.480 e. The second-order valence-corrected chi connectivity index (χ2v) is 29.0. The highest BCUT2D eigenvalue weighted by atomic mass is 16.4. The van der Waals surface area contributed by atoms with Gasteiger partial charge in [-0.2, -0.15) is 0 Å². The average Bonchev–Trinajstić information content (AvgIpc) is 1.79. The highest BCUT2D eigenvalue weighted by molar-refractivity contribution is 6.01. The van der Waals surface area contributed by atoms with Gasteiger partial charge in [-0.3, -0.25) is 67.3 Å². The molecule has 24 N–H and O–H groups in total. The number of carboxylic acids is 1. The van der Waals surface area contributed by atoms with E-state index < -0.39 is 192 Å². The van der Waals surface area contributed by atoms with Crippen LogP contribution in [0.4, 0.5) is 0 Å². The van der Waals surface area contributed by atoms with Gasteiger partial charge in [-0.05, 0) is 107 Å². The number of nitrogens with one attached hydrogen (secondary N) is 11. The van der Waals surface area contributed by atoms with Crippen LogP contribution in [-0.2, 0) is 86.4 Å². The lowest BCUT2D eigenvalue weighted by Crippen LogP contribution is -2.63. The Hall–Kier alpha value is -10.7. The lowest BCUT2D eigenvalue weighted by Gasteiger charge is -2.33. The first-order valence-electron chi connectivity index (χ1n) is 37.6. The van der Waals surface area contributed by atoms with Crippen molar-refractivity contribution in [1.82, 2.24) is 72.9 Å². The number of benzene rings is 2. The molecule has 1 aromatic heterocycles. The summed E-state index contributed by atoms with van der Waals surface area (Å²) < 4.78 is 0. The number of carboxylic acid groups (broad SMARTS) is 1. The Balaban J connectivity index is 1.35. The van der Waals surface area contributed by atoms with E-state index in [0.29, 0.717) is 29.7 Å². The fourth-order valence-corrected chi connectivity index (χ4v) is 12.8. The number of nitrogens with zero attached hydrogens (tertiary/aromatic N) is 4. The van der Waals surface area contributed by atoms with Gasteiger partial charge in [0.25, 0.3) is 0 Å². The molecule has 0 aliphatic carbocycles. The zero-order valence-corrected chi connectivity index (χ0v) is 64.3. The summed E-state index contributed by atoms with van der Waals surface area (Å²) in [7, 11) is 0. The molecule has 37 nitrogen and oxygen atoms in total. The van der Waals surface area contributed by atoms with Gasteiger partial charge < -0.3 is 112 Å². The van der Waals surface area contributed by atoms with Crippen molar-refractivity contribution in [2.45, 2.75) is 236 Å². The van der Waals surface area contributed by atoms with Crippen LogP contribution in [0.25, 0.3) is 0 Å². The second kappa shape index (κ2) is 44.9. The predicted molar refractivity (Wildman–Crippen MR) is 406 cm³/mol. The van der Waals surface area contributed by atoms with Gasteiger partial charge in [0.1, 0.15) is 72.5 Å². The van der Waals surface area contributed by atoms with E-state index in [-0.39, 0.29) is 109 Å². The number of aromatic amines is 1. The largest absolute Gasteiger partial charge is 0.480 e. The number of aliphatic hydroxyl groups is 2. The number of aliphatic imine (C=N–C) groups is 1. The molecule has 0 unspecified atom stereocenters. The van der Waals surface area contributed by atoms with E-state index in [9.17, 15) is 82.4 Å². The molecule has 2 saturated heterocycles. The topological polar surface area (TPSA) is 598 Å². The van der Waals surface area contributed by atoms with E-state index in [1.807, 2.05) is 0 Å². The summed E-state index contributed by atoms with van der Waals surface area (Å²) in [6, 6.07) is -1.53. The van der Waals surface area contributed by atoms with Gasteiger partial charge in [0, 0.05) is 50.8 Å². The third kappa shape index (κ3) is 28.3. The number of hydrogen-bond donors (Lipinski definition) is 19. The Kier molecular flexibility index (Phi) is 36.8. The molecular weight excluding hydrogens is 1440 g/mol. The molecule has 2 aliphatic rings. The number of likely N-dealkylation sites (tertiary alicyclic amines) is 2. The van der Waals surface area contributed by atoms with Crippen LogP contribution in [-0.4, -0.2) is 241 Å². The molecule has 13 amide bonds. The van der Waals surface area contributed by atoms with Crippen molar-refractivity contribution in [3.05, 3.63) is 90.0 Å². The number of carbonyl (C=O) groups excluding carboxylic acids is 13. The third-order valence-corrected chi connectivity index (χ3v) is 19.5. The lowest BCUT2D eigenvalue weighted by molar-refractivity contribution is -0.151. The van der Waals surface area contributed by atoms with Crippen molar-refractivity contribution in [1.29, 1.82) is 0 Å². The van der Waals surface area contributed by atoms with E-state index in [2.05, 4.69) is 68.1 Å². The minimum atomic E-state index is -1.81. The Labute approximate surface area is 645 Å². The summed E-state index contributed by atoms with van der Waals surface area (Å²) in [4.78, 5) is 210. The standard InChI is InChI=1S/C74H114N20O17/c1-9-41(6)58(70(107)89-57(40(4)5)69(106)92-60(43(8)96)71(108)93-31-19-27-53(93)67(104)84-48(26-18-30-81-74(78)79)62(99)91-59(42(7)95)72(109)94-32-20-28-54(94)73(110)111)90-66(103)52(36-55(76)97)87-61(98)47(25-16-17-29-75)83-63(100)49(33-44-21-12-10-13-22-44)85-64(101)50(34-45-23-14-11-15-24-45)86-65(102)51(35-46-37-80-38-82-46)88-68(105)56(77)39(2)3/h10-15,21-24,37-43,47-54,56-60,95-96H,9,16-20,25-36,75,77H2,1-8H3,(H2,76,97)(H,80,82)(H,83,100)(H,84,104)(H,85,101)(H,86,102)(H,87,98)(H,88,105)(H,89,107)(H,90,103)(H,91,99)(H,92,106)(H,110,111)(H4,78,79,81)/t41-,42-,43-,47-,48+,49-,50-,51-,52-,53-,54-,56-,57+,58+,59+,60+/m1/s1. The second-order valence-electron chi connectivity index (χ2n) is 29.0. The van der Waals surface area contributed by atoms with Crippen LogP contribution < -0.4 is 81.8 Å². The fraction of sp³-hybridized carbons (Fsp3) is 0.595. The number of aromatic nitrogens is 2. The number of unbranched alkanes of at least 4 members (excludes halogenated alkanes) is 1. The summed E-state index contributed by atoms with van der Waals surface area (Å²) in [6.45, 7) is 12.5. The van der Waals surface area contributed by atoms with Crippen LogP contribution in [0.15, 0.2) is 78.2 Å². The molecule has 5 rings (SSSR count). The maximum atomic E-state index is 14.9. The number of aliphatic hydroxyl groups excluding tert-OH is 2. The molecule has 37 heteroatoms. The van der Waals surface area contributed by atoms with Crippen LogP contribution in [0.2, 0.25) is 0 Å². The number of amides is 13. The molecule has 0 saturated carbocycles. The molecule has 3 heterocycles. The molecule has 2 aromatic carbocycles. The lowest BCUT2D eigenvalue weighted by atomic mass is 9.95. The number of hydrogen-bond acceptors (Lipinski definition) is 20. The molecule has 0 bridgehead atoms. The Bertz CT molecular complexity index is 3660. The van der Waals surface area contributed by atoms with Gasteiger partial charge in [-0.25, -0.2) is 9.78 Å². The van der Waals surface area contributed by atoms with Crippen molar-refractivity contribution in [2.75, 3.05) is 26.2 Å². The van der Waals surface area contributed by atoms with E-state index in [1.165, 1.54) is 26.4 Å². The van der Waals surface area contributed by atoms with E-state index in [4.69, 9.17) is 28.7 Å². The summed E-state index contributed by atoms with van der Waals surface area (Å²) >= 11 is 0. The van der Waals surface area contributed by atoms with Gasteiger partial charge in [0.2, 0.25) is 76.8 Å². The summed E-state index contributed by atoms with van der Waals surface area (Å²) in [5, 5.41) is 58.0. The number of H-pyrrole nitrogens is 1. The van der Waals surface area contributed by atoms with Crippen molar-refractivity contribution in [3.8, 4) is 0 Å². The van der Waals surface area contributed by atoms with Crippen LogP contribution in [0.1, 0.15) is 143 Å². The van der Waals surface area contributed by atoms with E-state index in [1.54, 1.807) is 102 Å². The molecule has 0 radical (unpaired) electrons. The van der Waals surface area contributed by atoms with Gasteiger partial charge in [-0.1, -0.05) is 109 Å². The number of aliphatic carboxylic acids is 1. The first-order valence-corrected chi connectivity index (χ1v) is 37.6. The van der Waals surface area contributed by atoms with Gasteiger partial charge in [0.05, 0.1) is 31.0 Å². The van der Waals surface area contributed by atoms with Crippen LogP contribution >= 0.6 is 0 Å². The molecule has 16 atom stereocenters. The third-order valence-electron chi connectivity index (χ3n) is 19.5. The first kappa shape index (κ1) is 91.0. The number of rotatable bonds is 45. The van der Waals surface area contributed by atoms with E-state index in [0.717, 1.165) is 9.80 Å². The number of guanidine groups is 1. The van der Waals surface area contributed by atoms with Gasteiger partial charge in [0.15, 0.2) is 5.96 Å². The van der Waals surface area contributed by atoms with Crippen LogP contribution in [0, 0.1) is 17.8 Å². The monoisotopic (exact) mass is 1550 g/mol. The normalized spacial score (nSPS) is 17.9. The van der Waals surface area contributed by atoms with Gasteiger partial charge >= 0.3 is 5.97 Å². The quantitative estimate of drug-likeness (QED) is 0.0145. The molecular formula is C74H114N20O17. The summed E-state index contributed by atoms with van der Waals surface area (Å²) in [5.74, 6) is -15.1. The SMILES string of the molecule is CC[C@@H](C)[C@H](NC(=O)[C@@H](CC(N)=O)NC(=O)[C@@H](CCCCN)NC(=O)[C@@H](Cc1ccccc1)NC(=O)[C@@H](Cc1ccccc1)NC(=O)[C@@H](Cc1cnc[nH]1)NC(=O)[C@H](N)C(C)C)C(=O)N[C@H](C(=O)N[C@H](C(=O)N1CCC[C@@H]1C(=O)N[C@@H](CCCN=C(N)N)C(=O)N[C@H](C(=O)N1CCC[C@@H]1C(=O)O)[C@@H](C)O)[C@@H](C)O)C(C)C. The smallest absolute Gasteiger partial charge is 0.326 e. The molecule has 0 spiro atoms. The first-order chi connectivity index (χ1) is 52.6. The Morgan fingerprint density at radius 1 is 0.523 bits per heavy atom. The van der Waals surface area contributed by atoms with Crippen molar-refractivity contribution >= 4 is 88.7 Å². The molecule has 2 aliphatic heterocycles. The molecule has 3 aromatic rings. The van der Waals surface area contributed by atoms with Gasteiger partial charge in [-0.15, -0.1) is 0 Å². The number of primary amides is 1. The van der Waals surface area contributed by atoms with Crippen molar-refractivity contribution in [2.24, 2.45) is 51.4 Å². The maximum Gasteiger partial charge on any atom is 0.326 e. The average molecular weight is 1560 g/mol. The van der Waals surface area contributed by atoms with Crippen LogP contribution in [0.5, 0.6) is 0 Å². The number of imidazole rings is 1. The number of carbonyl (C=O) groups is 14. The Morgan fingerprint density at radius 2 is 0.955 bits per heavy atom. The molecule has 612 valence electrons. The zero-order chi connectivity index (χ0) is 82.3. The van der Waals surface area contributed by atoms with Crippen LogP contribution in [0.3, 0.4) is 0 Å². The highest BCUT2D eigenvalue weighted by Gasteiger charge is 2.45. The predicted octanol–water partition coefficient (Wildman–Crippen LogP) is -4.14. The fourth-order valence-electron chi connectivity index (χ4n) is 12.8. The van der Waals surface area contributed by atoms with Crippen molar-refractivity contribution < 1.29 is 82.4 Å². The highest BCUT2D eigenvalue weighted by Crippen LogP contribution is 2.23. The zero-order valence-electron chi connectivity index (χ0n) is 64.3. The van der Waals surface area contributed by atoms with Crippen molar-refractivity contribution in [3.63, 3.8) is 0 Å². The summed E-state index contributed by atoms with van der Waals surface area (Å²) in [6.07, 6.45) is -0.0224. The minimum absolute atomic E-state index is 0.00455. The van der Waals surface area contributed by atoms with E-state index >= 15 is 0 Å². The maximum absolute atomic E-state index is 14.9. The molecule has 111 heavy (non-hydrogen) atoms.